The van der Waals surface area contributed by atoms with E-state index in [0.717, 1.165) is 30.7 Å². The zero-order chi connectivity index (χ0) is 14.9. The third kappa shape index (κ3) is 3.28. The van der Waals surface area contributed by atoms with Crippen LogP contribution in [0.5, 0.6) is 0 Å². The molecule has 1 atom stereocenters. The van der Waals surface area contributed by atoms with Crippen molar-refractivity contribution in [1.82, 2.24) is 5.32 Å². The van der Waals surface area contributed by atoms with Crippen LogP contribution in [0.3, 0.4) is 0 Å². The normalized spacial score (nSPS) is 12.5. The Balaban J connectivity index is 2.55. The Morgan fingerprint density at radius 2 is 1.70 bits per heavy atom. The molecule has 0 aliphatic carbocycles. The highest BCUT2D eigenvalue weighted by Gasteiger charge is 2.18. The molecular formula is C16H16Br2ClN. The minimum atomic E-state index is 0.0503. The van der Waals surface area contributed by atoms with Gasteiger partial charge in [0.1, 0.15) is 0 Å². The van der Waals surface area contributed by atoms with Gasteiger partial charge in [-0.05, 0) is 61.3 Å². The maximum atomic E-state index is 6.41. The molecular weight excluding hydrogens is 401 g/mol. The second-order valence-corrected chi connectivity index (χ2v) is 6.99. The Morgan fingerprint density at radius 1 is 1.00 bits per heavy atom. The molecule has 1 unspecified atom stereocenters. The second-order valence-electron chi connectivity index (χ2n) is 4.87. The minimum Gasteiger partial charge on any atom is -0.309 e. The van der Waals surface area contributed by atoms with Gasteiger partial charge in [0.2, 0.25) is 0 Å². The maximum absolute atomic E-state index is 6.41. The first-order valence-corrected chi connectivity index (χ1v) is 8.29. The number of rotatable bonds is 3. The molecule has 0 aliphatic heterocycles. The lowest BCUT2D eigenvalue weighted by Crippen LogP contribution is -2.18. The average Bonchev–Trinajstić information content (AvgIpc) is 2.38. The Morgan fingerprint density at radius 3 is 2.30 bits per heavy atom. The van der Waals surface area contributed by atoms with Gasteiger partial charge >= 0.3 is 0 Å². The molecule has 2 aromatic rings. The van der Waals surface area contributed by atoms with E-state index < -0.39 is 0 Å². The summed E-state index contributed by atoms with van der Waals surface area (Å²) in [6.07, 6.45) is 0. The molecule has 20 heavy (non-hydrogen) atoms. The summed E-state index contributed by atoms with van der Waals surface area (Å²) in [5, 5.41) is 4.13. The van der Waals surface area contributed by atoms with Gasteiger partial charge in [-0.1, -0.05) is 55.6 Å². The molecule has 0 fully saturated rings. The molecule has 0 aliphatic rings. The van der Waals surface area contributed by atoms with Gasteiger partial charge in [-0.3, -0.25) is 0 Å². The van der Waals surface area contributed by atoms with Crippen molar-refractivity contribution in [3.8, 4) is 0 Å². The van der Waals surface area contributed by atoms with E-state index in [0.29, 0.717) is 0 Å². The quantitative estimate of drug-likeness (QED) is 0.666. The fourth-order valence-corrected chi connectivity index (χ4v) is 3.62. The van der Waals surface area contributed by atoms with Crippen molar-refractivity contribution in [2.24, 2.45) is 0 Å². The van der Waals surface area contributed by atoms with Gasteiger partial charge in [-0.25, -0.2) is 0 Å². The van der Waals surface area contributed by atoms with E-state index >= 15 is 0 Å². The van der Waals surface area contributed by atoms with Crippen molar-refractivity contribution in [1.29, 1.82) is 0 Å². The van der Waals surface area contributed by atoms with Crippen LogP contribution in [0.25, 0.3) is 0 Å². The van der Waals surface area contributed by atoms with Crippen molar-refractivity contribution in [2.75, 3.05) is 7.05 Å². The van der Waals surface area contributed by atoms with E-state index in [-0.39, 0.29) is 6.04 Å². The van der Waals surface area contributed by atoms with Crippen LogP contribution in [0.4, 0.5) is 0 Å². The van der Waals surface area contributed by atoms with E-state index in [4.69, 9.17) is 11.6 Å². The predicted octanol–water partition coefficient (Wildman–Crippen LogP) is 5.79. The van der Waals surface area contributed by atoms with Crippen LogP contribution in [0, 0.1) is 13.8 Å². The summed E-state index contributed by atoms with van der Waals surface area (Å²) in [5.41, 5.74) is 4.61. The Kier molecular flexibility index (Phi) is 5.30. The maximum Gasteiger partial charge on any atom is 0.0600 e. The van der Waals surface area contributed by atoms with Gasteiger partial charge in [-0.15, -0.1) is 0 Å². The molecule has 0 bridgehead atoms. The van der Waals surface area contributed by atoms with E-state index in [2.05, 4.69) is 68.4 Å². The molecule has 4 heteroatoms. The summed E-state index contributed by atoms with van der Waals surface area (Å²) >= 11 is 13.7. The summed E-state index contributed by atoms with van der Waals surface area (Å²) in [6, 6.07) is 10.5. The number of nitrogens with one attached hydrogen (secondary N) is 1. The second kappa shape index (κ2) is 6.61. The van der Waals surface area contributed by atoms with Crippen LogP contribution < -0.4 is 5.32 Å². The Labute approximate surface area is 142 Å². The fraction of sp³-hybridized carbons (Fsp3) is 0.250. The monoisotopic (exact) mass is 415 g/mol. The van der Waals surface area contributed by atoms with Crippen LogP contribution in [-0.2, 0) is 0 Å². The first kappa shape index (κ1) is 16.0. The molecule has 106 valence electrons. The topological polar surface area (TPSA) is 12.0 Å². The summed E-state index contributed by atoms with van der Waals surface area (Å²) in [5.74, 6) is 0. The van der Waals surface area contributed by atoms with Crippen LogP contribution in [0.15, 0.2) is 39.3 Å². The van der Waals surface area contributed by atoms with Crippen LogP contribution in [0.1, 0.15) is 28.3 Å². The first-order valence-electron chi connectivity index (χ1n) is 6.33. The van der Waals surface area contributed by atoms with Crippen molar-refractivity contribution < 1.29 is 0 Å². The minimum absolute atomic E-state index is 0.0503. The highest BCUT2D eigenvalue weighted by atomic mass is 79.9. The smallest absolute Gasteiger partial charge is 0.0600 e. The number of aryl methyl sites for hydroxylation is 2. The first-order chi connectivity index (χ1) is 9.43. The van der Waals surface area contributed by atoms with E-state index in [1.807, 2.05) is 20.0 Å². The Bertz CT molecular complexity index is 641. The van der Waals surface area contributed by atoms with Gasteiger partial charge in [0, 0.05) is 14.0 Å². The van der Waals surface area contributed by atoms with Gasteiger partial charge in [-0.2, -0.15) is 0 Å². The van der Waals surface area contributed by atoms with Crippen LogP contribution >= 0.6 is 43.5 Å². The lowest BCUT2D eigenvalue weighted by atomic mass is 9.97. The molecule has 2 aromatic carbocycles. The number of hydrogen-bond acceptors (Lipinski definition) is 1. The molecule has 1 nitrogen and oxygen atoms in total. The third-order valence-electron chi connectivity index (χ3n) is 3.34. The van der Waals surface area contributed by atoms with Crippen LogP contribution in [0.2, 0.25) is 5.02 Å². The molecule has 0 spiro atoms. The summed E-state index contributed by atoms with van der Waals surface area (Å²) in [7, 11) is 1.95. The van der Waals surface area contributed by atoms with Gasteiger partial charge < -0.3 is 5.32 Å². The van der Waals surface area contributed by atoms with Crippen molar-refractivity contribution in [3.63, 3.8) is 0 Å². The largest absolute Gasteiger partial charge is 0.309 e. The molecule has 0 aromatic heterocycles. The van der Waals surface area contributed by atoms with Gasteiger partial charge in [0.15, 0.2) is 0 Å². The molecule has 2 rings (SSSR count). The lowest BCUT2D eigenvalue weighted by Gasteiger charge is -2.21. The molecule has 0 saturated carbocycles. The van der Waals surface area contributed by atoms with Crippen molar-refractivity contribution in [3.05, 3.63) is 66.6 Å². The SMILES string of the molecule is CNC(c1ccc(C)cc1Cl)c1cc(Br)c(C)cc1Br. The third-order valence-corrected chi connectivity index (χ3v) is 5.21. The molecule has 0 radical (unpaired) electrons. The number of benzene rings is 2. The molecule has 0 heterocycles. The van der Waals surface area contributed by atoms with Crippen molar-refractivity contribution in [2.45, 2.75) is 19.9 Å². The van der Waals surface area contributed by atoms with E-state index in [1.165, 1.54) is 5.56 Å². The van der Waals surface area contributed by atoms with Crippen molar-refractivity contribution >= 4 is 43.5 Å². The highest BCUT2D eigenvalue weighted by Crippen LogP contribution is 2.35. The molecule has 0 saturated heterocycles. The summed E-state index contributed by atoms with van der Waals surface area (Å²) in [4.78, 5) is 0. The average molecular weight is 418 g/mol. The summed E-state index contributed by atoms with van der Waals surface area (Å²) < 4.78 is 2.17. The lowest BCUT2D eigenvalue weighted by molar-refractivity contribution is 0.688. The fourth-order valence-electron chi connectivity index (χ4n) is 2.23. The Hall–Kier alpha value is -0.350. The zero-order valence-corrected chi connectivity index (χ0v) is 15.5. The van der Waals surface area contributed by atoms with Crippen LogP contribution in [-0.4, -0.2) is 7.05 Å². The number of hydrogen-bond donors (Lipinski definition) is 1. The summed E-state index contributed by atoms with van der Waals surface area (Å²) in [6.45, 7) is 4.12. The molecule has 1 N–H and O–H groups in total. The standard InChI is InChI=1S/C16H16Br2ClN/c1-9-4-5-11(15(19)6-9)16(20-3)12-8-13(17)10(2)7-14(12)18/h4-8,16,20H,1-3H3. The van der Waals surface area contributed by atoms with Gasteiger partial charge in [0.25, 0.3) is 0 Å². The highest BCUT2D eigenvalue weighted by molar-refractivity contribution is 9.11. The molecule has 0 amide bonds. The number of halogens is 3. The van der Waals surface area contributed by atoms with E-state index in [1.54, 1.807) is 0 Å². The van der Waals surface area contributed by atoms with E-state index in [9.17, 15) is 0 Å². The zero-order valence-electron chi connectivity index (χ0n) is 11.6. The predicted molar refractivity (Wildman–Crippen MR) is 93.7 cm³/mol. The van der Waals surface area contributed by atoms with Gasteiger partial charge in [0.05, 0.1) is 6.04 Å².